The van der Waals surface area contributed by atoms with Crippen LogP contribution in [0.25, 0.3) is 10.9 Å². The molecule has 2 aromatic carbocycles. The fourth-order valence-electron chi connectivity index (χ4n) is 5.44. The molecule has 1 aromatic heterocycles. The summed E-state index contributed by atoms with van der Waals surface area (Å²) in [6.07, 6.45) is 5.55. The molecule has 1 atom stereocenters. The van der Waals surface area contributed by atoms with Crippen molar-refractivity contribution in [3.05, 3.63) is 71.1 Å². The molecular weight excluding hydrogens is 418 g/mol. The number of halogens is 3. The van der Waals surface area contributed by atoms with Crippen LogP contribution in [0.15, 0.2) is 54.7 Å². The summed E-state index contributed by atoms with van der Waals surface area (Å²) in [6.45, 7) is 0. The second-order valence-electron chi connectivity index (χ2n) is 8.88. The normalized spacial score (nSPS) is 27.8. The van der Waals surface area contributed by atoms with Crippen molar-refractivity contribution >= 4 is 34.1 Å². The number of fused-ring (bicyclic) bond motifs is 1. The molecule has 1 spiro atoms. The monoisotopic (exact) mass is 440 g/mol. The highest BCUT2D eigenvalue weighted by atomic mass is 35.5. The Morgan fingerprint density at radius 1 is 1.03 bits per heavy atom. The van der Waals surface area contributed by atoms with Crippen LogP contribution in [0.3, 0.4) is 0 Å². The summed E-state index contributed by atoms with van der Waals surface area (Å²) in [4.78, 5) is 17.2. The summed E-state index contributed by atoms with van der Waals surface area (Å²) in [5.41, 5.74) is -0.0933. The van der Waals surface area contributed by atoms with Gasteiger partial charge in [0.1, 0.15) is 5.82 Å². The SMILES string of the molecule is O=C(Nc1ccc(Cl)cc1)[C@@]1(F)CC[C@]12CC[C@H](c1ccnc3ccc(F)cc31)CC2. The van der Waals surface area contributed by atoms with E-state index in [0.717, 1.165) is 35.7 Å². The third-order valence-electron chi connectivity index (χ3n) is 7.37. The van der Waals surface area contributed by atoms with Gasteiger partial charge in [0.2, 0.25) is 0 Å². The minimum atomic E-state index is -1.86. The maximum absolute atomic E-state index is 15.9. The molecule has 0 bridgehead atoms. The Labute approximate surface area is 184 Å². The van der Waals surface area contributed by atoms with Gasteiger partial charge in [0.15, 0.2) is 5.67 Å². The molecule has 3 nitrogen and oxygen atoms in total. The first-order chi connectivity index (χ1) is 14.9. The van der Waals surface area contributed by atoms with Crippen molar-refractivity contribution in [2.24, 2.45) is 5.41 Å². The Morgan fingerprint density at radius 3 is 2.45 bits per heavy atom. The molecule has 2 fully saturated rings. The number of hydrogen-bond acceptors (Lipinski definition) is 2. The molecule has 3 aromatic rings. The number of pyridine rings is 1. The average Bonchev–Trinajstić information content (AvgIpc) is 2.79. The molecule has 31 heavy (non-hydrogen) atoms. The van der Waals surface area contributed by atoms with Gasteiger partial charge in [-0.15, -0.1) is 0 Å². The van der Waals surface area contributed by atoms with Gasteiger partial charge in [-0.3, -0.25) is 9.78 Å². The lowest BCUT2D eigenvalue weighted by Crippen LogP contribution is -2.61. The molecule has 2 saturated carbocycles. The fourth-order valence-corrected chi connectivity index (χ4v) is 5.57. The Morgan fingerprint density at radius 2 is 1.77 bits per heavy atom. The van der Waals surface area contributed by atoms with E-state index in [1.807, 2.05) is 6.07 Å². The minimum absolute atomic E-state index is 0.210. The number of nitrogens with zero attached hydrogens (tertiary/aromatic N) is 1. The van der Waals surface area contributed by atoms with Crippen LogP contribution in [0.5, 0.6) is 0 Å². The summed E-state index contributed by atoms with van der Waals surface area (Å²) < 4.78 is 29.8. The first-order valence-electron chi connectivity index (χ1n) is 10.7. The predicted molar refractivity (Wildman–Crippen MR) is 118 cm³/mol. The number of rotatable bonds is 3. The second kappa shape index (κ2) is 7.56. The van der Waals surface area contributed by atoms with Gasteiger partial charge in [-0.1, -0.05) is 11.6 Å². The molecule has 160 valence electrons. The summed E-state index contributed by atoms with van der Waals surface area (Å²) >= 11 is 5.89. The Bertz CT molecular complexity index is 1140. The Balaban J connectivity index is 1.33. The minimum Gasteiger partial charge on any atom is -0.323 e. The van der Waals surface area contributed by atoms with Gasteiger partial charge in [-0.25, -0.2) is 8.78 Å². The first kappa shape index (κ1) is 20.4. The van der Waals surface area contributed by atoms with E-state index in [1.54, 1.807) is 36.5 Å². The Kier molecular flexibility index (Phi) is 4.97. The molecule has 2 aliphatic rings. The van der Waals surface area contributed by atoms with Gasteiger partial charge in [0.05, 0.1) is 5.52 Å². The molecular formula is C25H23ClF2N2O. The van der Waals surface area contributed by atoms with E-state index in [9.17, 15) is 9.18 Å². The predicted octanol–water partition coefficient (Wildman–Crippen LogP) is 6.81. The van der Waals surface area contributed by atoms with Crippen molar-refractivity contribution in [3.63, 3.8) is 0 Å². The van der Waals surface area contributed by atoms with Crippen molar-refractivity contribution in [1.82, 2.24) is 4.98 Å². The third-order valence-corrected chi connectivity index (χ3v) is 7.62. The van der Waals surface area contributed by atoms with Crippen molar-refractivity contribution in [2.75, 3.05) is 5.32 Å². The van der Waals surface area contributed by atoms with Gasteiger partial charge in [0.25, 0.3) is 5.91 Å². The van der Waals surface area contributed by atoms with Gasteiger partial charge in [-0.2, -0.15) is 0 Å². The standard InChI is InChI=1S/C25H23ClF2N2O/c26-17-1-4-19(5-2-17)30-23(31)25(28)13-12-24(25)10-7-16(8-11-24)20-9-14-29-22-6-3-18(27)15-21(20)22/h1-6,9,14-16H,7-8,10-13H2,(H,30,31)/t16-,24+,25-/m0/s1. The summed E-state index contributed by atoms with van der Waals surface area (Å²) in [6, 6.07) is 13.3. The summed E-state index contributed by atoms with van der Waals surface area (Å²) in [5.74, 6) is -0.632. The summed E-state index contributed by atoms with van der Waals surface area (Å²) in [5, 5.41) is 4.12. The number of amides is 1. The molecule has 6 heteroatoms. The van der Waals surface area contributed by atoms with Crippen molar-refractivity contribution in [2.45, 2.75) is 50.1 Å². The van der Waals surface area contributed by atoms with E-state index in [4.69, 9.17) is 11.6 Å². The van der Waals surface area contributed by atoms with E-state index >= 15 is 4.39 Å². The number of nitrogens with one attached hydrogen (secondary N) is 1. The molecule has 5 rings (SSSR count). The van der Waals surface area contributed by atoms with Crippen LogP contribution in [0.1, 0.15) is 50.0 Å². The van der Waals surface area contributed by atoms with E-state index in [1.165, 1.54) is 12.1 Å². The largest absolute Gasteiger partial charge is 0.323 e. The average molecular weight is 441 g/mol. The number of aromatic nitrogens is 1. The molecule has 0 aliphatic heterocycles. The van der Waals surface area contributed by atoms with Crippen LogP contribution in [0.2, 0.25) is 5.02 Å². The lowest BCUT2D eigenvalue weighted by molar-refractivity contribution is -0.163. The lowest BCUT2D eigenvalue weighted by Gasteiger charge is -2.56. The van der Waals surface area contributed by atoms with Crippen LogP contribution in [0.4, 0.5) is 14.5 Å². The summed E-state index contributed by atoms with van der Waals surface area (Å²) in [7, 11) is 0. The topological polar surface area (TPSA) is 42.0 Å². The maximum Gasteiger partial charge on any atom is 0.262 e. The first-order valence-corrected chi connectivity index (χ1v) is 11.1. The van der Waals surface area contributed by atoms with Gasteiger partial charge < -0.3 is 5.32 Å². The second-order valence-corrected chi connectivity index (χ2v) is 9.31. The molecule has 0 saturated heterocycles. The highest BCUT2D eigenvalue weighted by Crippen LogP contribution is 2.62. The fraction of sp³-hybridized carbons (Fsp3) is 0.360. The van der Waals surface area contributed by atoms with Crippen LogP contribution < -0.4 is 5.32 Å². The molecule has 0 radical (unpaired) electrons. The molecule has 1 heterocycles. The van der Waals surface area contributed by atoms with Crippen molar-refractivity contribution in [3.8, 4) is 0 Å². The van der Waals surface area contributed by atoms with Crippen molar-refractivity contribution in [1.29, 1.82) is 0 Å². The number of hydrogen-bond donors (Lipinski definition) is 1. The van der Waals surface area contributed by atoms with E-state index in [0.29, 0.717) is 23.6 Å². The van der Waals surface area contributed by atoms with Gasteiger partial charge >= 0.3 is 0 Å². The lowest BCUT2D eigenvalue weighted by atomic mass is 9.50. The molecule has 1 N–H and O–H groups in total. The highest BCUT2D eigenvalue weighted by Gasteiger charge is 2.64. The Hall–Kier alpha value is -2.53. The van der Waals surface area contributed by atoms with Crippen LogP contribution in [0, 0.1) is 11.2 Å². The number of benzene rings is 2. The quantitative estimate of drug-likeness (QED) is 0.486. The molecule has 1 amide bonds. The van der Waals surface area contributed by atoms with E-state index in [2.05, 4.69) is 10.3 Å². The van der Waals surface area contributed by atoms with Crippen LogP contribution in [-0.2, 0) is 4.79 Å². The van der Waals surface area contributed by atoms with E-state index in [-0.39, 0.29) is 18.2 Å². The zero-order chi connectivity index (χ0) is 21.6. The van der Waals surface area contributed by atoms with Crippen LogP contribution >= 0.6 is 11.6 Å². The molecule has 2 aliphatic carbocycles. The van der Waals surface area contributed by atoms with E-state index < -0.39 is 17.0 Å². The van der Waals surface area contributed by atoms with Gasteiger partial charge in [-0.05, 0) is 98.5 Å². The number of carbonyl (C=O) groups is 1. The maximum atomic E-state index is 15.9. The smallest absolute Gasteiger partial charge is 0.262 e. The zero-order valence-corrected chi connectivity index (χ0v) is 17.8. The number of alkyl halides is 1. The van der Waals surface area contributed by atoms with Crippen molar-refractivity contribution < 1.29 is 13.6 Å². The zero-order valence-electron chi connectivity index (χ0n) is 17.0. The van der Waals surface area contributed by atoms with Crippen LogP contribution in [-0.4, -0.2) is 16.6 Å². The van der Waals surface area contributed by atoms with Gasteiger partial charge in [0, 0.05) is 27.7 Å². The molecule has 0 unspecified atom stereocenters. The highest BCUT2D eigenvalue weighted by molar-refractivity contribution is 6.30. The number of anilines is 1. The number of carbonyl (C=O) groups excluding carboxylic acids is 1. The third kappa shape index (κ3) is 3.39.